The molecule has 0 heterocycles. The minimum absolute atomic E-state index is 0.353. The minimum atomic E-state index is 0.353. The maximum atomic E-state index is 5.54. The summed E-state index contributed by atoms with van der Waals surface area (Å²) in [6.45, 7) is 2.20. The van der Waals surface area contributed by atoms with Crippen LogP contribution >= 0.6 is 12.2 Å². The normalized spacial score (nSPS) is 38.2. The summed E-state index contributed by atoms with van der Waals surface area (Å²) >= 11 is 5.54. The summed E-state index contributed by atoms with van der Waals surface area (Å²) in [5.41, 5.74) is 0.353. The molecular weight excluding hydrogens is 266 g/mol. The quantitative estimate of drug-likeness (QED) is 0.521. The van der Waals surface area contributed by atoms with Gasteiger partial charge in [-0.1, -0.05) is 0 Å². The van der Waals surface area contributed by atoms with Crippen LogP contribution in [0.2, 0.25) is 0 Å². The van der Waals surface area contributed by atoms with Gasteiger partial charge in [-0.05, 0) is 68.5 Å². The molecular formula is C16H30N3S+. The molecule has 0 unspecified atom stereocenters. The molecule has 0 aliphatic heterocycles. The standard InChI is InChI=1S/C16H29N3S/c1-19(2)5-3-4-17-15(20)18-16-9-12-6-13(10-16)8-14(7-12)11-16/h12-14H,3-11H2,1-2H3,(H2,17,18,20)/p+1. The average Bonchev–Trinajstić information content (AvgIpc) is 2.32. The Kier molecular flexibility index (Phi) is 4.23. The number of nitrogens with one attached hydrogen (secondary N) is 3. The summed E-state index contributed by atoms with van der Waals surface area (Å²) in [6.07, 6.45) is 9.76. The van der Waals surface area contributed by atoms with Gasteiger partial charge in [-0.15, -0.1) is 0 Å². The predicted molar refractivity (Wildman–Crippen MR) is 86.9 cm³/mol. The van der Waals surface area contributed by atoms with Crippen LogP contribution in [0.25, 0.3) is 0 Å². The summed E-state index contributed by atoms with van der Waals surface area (Å²) in [5, 5.41) is 8.05. The van der Waals surface area contributed by atoms with Crippen molar-refractivity contribution < 1.29 is 4.90 Å². The highest BCUT2D eigenvalue weighted by Gasteiger charge is 2.51. The Hall–Kier alpha value is -0.350. The van der Waals surface area contributed by atoms with E-state index in [1.807, 2.05) is 0 Å². The Labute approximate surface area is 128 Å². The molecule has 4 aliphatic rings. The largest absolute Gasteiger partial charge is 0.362 e. The van der Waals surface area contributed by atoms with Crippen LogP contribution in [0, 0.1) is 17.8 Å². The number of hydrogen-bond donors (Lipinski definition) is 3. The molecule has 0 aromatic heterocycles. The highest BCUT2D eigenvalue weighted by molar-refractivity contribution is 7.80. The lowest BCUT2D eigenvalue weighted by Crippen LogP contribution is -3.05. The topological polar surface area (TPSA) is 28.5 Å². The molecule has 0 spiro atoms. The monoisotopic (exact) mass is 296 g/mol. The van der Waals surface area contributed by atoms with Crippen LogP contribution in [-0.2, 0) is 0 Å². The Bertz CT molecular complexity index is 331. The summed E-state index contributed by atoms with van der Waals surface area (Å²) in [4.78, 5) is 1.51. The molecule has 4 rings (SSSR count). The van der Waals surface area contributed by atoms with Crippen LogP contribution in [0.4, 0.5) is 0 Å². The number of rotatable bonds is 5. The SMILES string of the molecule is C[NH+](C)CCCNC(=S)NC12CC3CC(CC(C3)C1)C2. The van der Waals surface area contributed by atoms with Gasteiger partial charge in [-0.25, -0.2) is 0 Å². The molecule has 3 N–H and O–H groups in total. The van der Waals surface area contributed by atoms with Crippen molar-refractivity contribution >= 4 is 17.3 Å². The third kappa shape index (κ3) is 3.28. The van der Waals surface area contributed by atoms with Crippen LogP contribution in [0.1, 0.15) is 44.9 Å². The fraction of sp³-hybridized carbons (Fsp3) is 0.938. The lowest BCUT2D eigenvalue weighted by molar-refractivity contribution is -0.858. The van der Waals surface area contributed by atoms with Gasteiger partial charge in [0.1, 0.15) is 0 Å². The van der Waals surface area contributed by atoms with E-state index in [2.05, 4.69) is 24.7 Å². The van der Waals surface area contributed by atoms with Crippen molar-refractivity contribution in [1.82, 2.24) is 10.6 Å². The molecule has 0 saturated heterocycles. The molecule has 0 aromatic carbocycles. The smallest absolute Gasteiger partial charge is 0.166 e. The van der Waals surface area contributed by atoms with Gasteiger partial charge >= 0.3 is 0 Å². The van der Waals surface area contributed by atoms with Crippen molar-refractivity contribution in [1.29, 1.82) is 0 Å². The number of hydrogen-bond acceptors (Lipinski definition) is 1. The Morgan fingerprint density at radius 3 is 2.15 bits per heavy atom. The maximum Gasteiger partial charge on any atom is 0.166 e. The van der Waals surface area contributed by atoms with Crippen LogP contribution in [-0.4, -0.2) is 37.8 Å². The second-order valence-electron chi connectivity index (χ2n) is 7.89. The Balaban J connectivity index is 1.46. The van der Waals surface area contributed by atoms with Gasteiger partial charge in [0.15, 0.2) is 5.11 Å². The van der Waals surface area contributed by atoms with Crippen molar-refractivity contribution in [3.63, 3.8) is 0 Å². The summed E-state index contributed by atoms with van der Waals surface area (Å²) in [7, 11) is 4.40. The van der Waals surface area contributed by atoms with Crippen LogP contribution < -0.4 is 15.5 Å². The van der Waals surface area contributed by atoms with Gasteiger partial charge in [-0.3, -0.25) is 0 Å². The summed E-state index contributed by atoms with van der Waals surface area (Å²) in [6, 6.07) is 0. The van der Waals surface area contributed by atoms with E-state index in [-0.39, 0.29) is 0 Å². The van der Waals surface area contributed by atoms with Crippen LogP contribution in [0.5, 0.6) is 0 Å². The van der Waals surface area contributed by atoms with E-state index in [1.54, 1.807) is 0 Å². The molecule has 4 fully saturated rings. The van der Waals surface area contributed by atoms with E-state index in [9.17, 15) is 0 Å². The molecule has 0 aromatic rings. The van der Waals surface area contributed by atoms with Crippen molar-refractivity contribution in [3.05, 3.63) is 0 Å². The summed E-state index contributed by atoms with van der Waals surface area (Å²) in [5.74, 6) is 2.94. The van der Waals surface area contributed by atoms with Gasteiger partial charge < -0.3 is 15.5 Å². The zero-order valence-corrected chi connectivity index (χ0v) is 13.8. The van der Waals surface area contributed by atoms with E-state index in [1.165, 1.54) is 56.4 Å². The second-order valence-corrected chi connectivity index (χ2v) is 8.30. The van der Waals surface area contributed by atoms with E-state index in [0.717, 1.165) is 29.4 Å². The zero-order chi connectivity index (χ0) is 14.2. The molecule has 4 saturated carbocycles. The summed E-state index contributed by atoms with van der Waals surface area (Å²) < 4.78 is 0. The predicted octanol–water partition coefficient (Wildman–Crippen LogP) is 0.954. The van der Waals surface area contributed by atoms with Gasteiger partial charge in [0.25, 0.3) is 0 Å². The first-order valence-corrected chi connectivity index (χ1v) is 8.80. The molecule has 0 amide bonds. The van der Waals surface area contributed by atoms with Crippen LogP contribution in [0.3, 0.4) is 0 Å². The zero-order valence-electron chi connectivity index (χ0n) is 13.0. The van der Waals surface area contributed by atoms with Crippen LogP contribution in [0.15, 0.2) is 0 Å². The molecule has 0 radical (unpaired) electrons. The third-order valence-corrected chi connectivity index (χ3v) is 5.80. The van der Waals surface area contributed by atoms with E-state index >= 15 is 0 Å². The van der Waals surface area contributed by atoms with Crippen molar-refractivity contribution in [2.75, 3.05) is 27.2 Å². The van der Waals surface area contributed by atoms with Crippen molar-refractivity contribution in [3.8, 4) is 0 Å². The van der Waals surface area contributed by atoms with E-state index in [0.29, 0.717) is 5.54 Å². The highest BCUT2D eigenvalue weighted by atomic mass is 32.1. The molecule has 0 atom stereocenters. The minimum Gasteiger partial charge on any atom is -0.362 e. The number of quaternary nitrogens is 1. The molecule has 4 aliphatic carbocycles. The van der Waals surface area contributed by atoms with E-state index < -0.39 is 0 Å². The molecule has 4 heteroatoms. The fourth-order valence-electron chi connectivity index (χ4n) is 5.19. The van der Waals surface area contributed by atoms with Gasteiger partial charge in [0.2, 0.25) is 0 Å². The Morgan fingerprint density at radius 2 is 1.65 bits per heavy atom. The molecule has 3 nitrogen and oxygen atoms in total. The van der Waals surface area contributed by atoms with Gasteiger partial charge in [-0.2, -0.15) is 0 Å². The first-order chi connectivity index (χ1) is 9.55. The first kappa shape index (κ1) is 14.6. The maximum absolute atomic E-state index is 5.54. The Morgan fingerprint density at radius 1 is 1.10 bits per heavy atom. The van der Waals surface area contributed by atoms with Gasteiger partial charge in [0, 0.05) is 18.5 Å². The third-order valence-electron chi connectivity index (χ3n) is 5.56. The molecule has 20 heavy (non-hydrogen) atoms. The van der Waals surface area contributed by atoms with Crippen molar-refractivity contribution in [2.45, 2.75) is 50.5 Å². The average molecular weight is 297 g/mol. The fourth-order valence-corrected chi connectivity index (χ4v) is 5.51. The number of thiocarbonyl (C=S) groups is 1. The lowest BCUT2D eigenvalue weighted by atomic mass is 9.53. The highest BCUT2D eigenvalue weighted by Crippen LogP contribution is 2.55. The van der Waals surface area contributed by atoms with Gasteiger partial charge in [0.05, 0.1) is 20.6 Å². The molecule has 4 bridgehead atoms. The first-order valence-electron chi connectivity index (χ1n) is 8.40. The van der Waals surface area contributed by atoms with Crippen molar-refractivity contribution in [2.24, 2.45) is 17.8 Å². The lowest BCUT2D eigenvalue weighted by Gasteiger charge is -2.57. The molecule has 114 valence electrons. The van der Waals surface area contributed by atoms with E-state index in [4.69, 9.17) is 12.2 Å². The second kappa shape index (κ2) is 5.80.